The van der Waals surface area contributed by atoms with Crippen LogP contribution in [0.1, 0.15) is 19.3 Å². The van der Waals surface area contributed by atoms with Crippen LogP contribution in [0.15, 0.2) is 0 Å². The van der Waals surface area contributed by atoms with Gasteiger partial charge in [0, 0.05) is 19.7 Å². The molecule has 108 valence electrons. The second kappa shape index (κ2) is 6.72. The van der Waals surface area contributed by atoms with E-state index in [9.17, 15) is 9.59 Å². The summed E-state index contributed by atoms with van der Waals surface area (Å²) in [6.45, 7) is 2.04. The highest BCUT2D eigenvalue weighted by Crippen LogP contribution is 2.14. The first-order chi connectivity index (χ1) is 9.18. The number of nitrogens with one attached hydrogen (secondary N) is 1. The normalized spacial score (nSPS) is 27.3. The number of carboxylic acids is 1. The molecule has 2 aliphatic heterocycles. The molecule has 2 saturated heterocycles. The Bertz CT molecular complexity index is 330. The van der Waals surface area contributed by atoms with Crippen LogP contribution in [0.25, 0.3) is 0 Å². The van der Waals surface area contributed by atoms with Crippen LogP contribution in [0.3, 0.4) is 0 Å². The molecule has 2 heterocycles. The van der Waals surface area contributed by atoms with Crippen molar-refractivity contribution in [1.82, 2.24) is 10.2 Å². The molecule has 7 heteroatoms. The highest BCUT2D eigenvalue weighted by atomic mass is 16.5. The second-order valence-electron chi connectivity index (χ2n) is 4.78. The third-order valence-electron chi connectivity index (χ3n) is 3.44. The first kappa shape index (κ1) is 14.1. The molecule has 19 heavy (non-hydrogen) atoms. The van der Waals surface area contributed by atoms with Gasteiger partial charge in [-0.25, -0.2) is 9.59 Å². The summed E-state index contributed by atoms with van der Waals surface area (Å²) in [7, 11) is 0. The number of amides is 2. The lowest BCUT2D eigenvalue weighted by Gasteiger charge is -2.32. The molecule has 0 radical (unpaired) electrons. The van der Waals surface area contributed by atoms with E-state index in [1.54, 1.807) is 0 Å². The van der Waals surface area contributed by atoms with E-state index in [1.807, 2.05) is 0 Å². The number of ether oxygens (including phenoxy) is 2. The average Bonchev–Trinajstić information content (AvgIpc) is 2.91. The standard InChI is InChI=1S/C12H20N2O5/c15-11(16)10-8-18-7-5-14(10)12(17)13-4-3-9-2-1-6-19-9/h9-10H,1-8H2,(H,13,17)(H,15,16). The van der Waals surface area contributed by atoms with Gasteiger partial charge in [-0.2, -0.15) is 0 Å². The van der Waals surface area contributed by atoms with Gasteiger partial charge in [-0.1, -0.05) is 0 Å². The van der Waals surface area contributed by atoms with E-state index in [0.717, 1.165) is 25.9 Å². The fourth-order valence-electron chi connectivity index (χ4n) is 2.36. The van der Waals surface area contributed by atoms with Crippen LogP contribution in [-0.2, 0) is 14.3 Å². The number of carboxylic acid groups (broad SMARTS) is 1. The van der Waals surface area contributed by atoms with E-state index in [4.69, 9.17) is 14.6 Å². The number of urea groups is 1. The predicted octanol–water partition coefficient (Wildman–Crippen LogP) is 0.0505. The predicted molar refractivity (Wildman–Crippen MR) is 65.9 cm³/mol. The summed E-state index contributed by atoms with van der Waals surface area (Å²) in [6, 6.07) is -1.23. The number of hydrogen-bond donors (Lipinski definition) is 2. The largest absolute Gasteiger partial charge is 0.480 e. The van der Waals surface area contributed by atoms with E-state index < -0.39 is 12.0 Å². The number of aliphatic carboxylic acids is 1. The van der Waals surface area contributed by atoms with E-state index in [1.165, 1.54) is 4.90 Å². The van der Waals surface area contributed by atoms with Gasteiger partial charge in [-0.3, -0.25) is 0 Å². The molecule has 0 aromatic carbocycles. The van der Waals surface area contributed by atoms with Crippen LogP contribution >= 0.6 is 0 Å². The molecule has 2 unspecified atom stereocenters. The highest BCUT2D eigenvalue weighted by Gasteiger charge is 2.32. The van der Waals surface area contributed by atoms with Crippen LogP contribution in [0.2, 0.25) is 0 Å². The fraction of sp³-hybridized carbons (Fsp3) is 0.833. The first-order valence-electron chi connectivity index (χ1n) is 6.65. The molecule has 2 N–H and O–H groups in total. The van der Waals surface area contributed by atoms with E-state index in [0.29, 0.717) is 19.7 Å². The number of hydrogen-bond acceptors (Lipinski definition) is 4. The minimum Gasteiger partial charge on any atom is -0.480 e. The zero-order valence-corrected chi connectivity index (χ0v) is 10.8. The SMILES string of the molecule is O=C(O)C1COCCN1C(=O)NCCC1CCCO1. The van der Waals surface area contributed by atoms with Gasteiger partial charge in [0.15, 0.2) is 6.04 Å². The number of morpholine rings is 1. The Hall–Kier alpha value is -1.34. The Kier molecular flexibility index (Phi) is 4.98. The Morgan fingerprint density at radius 1 is 1.37 bits per heavy atom. The lowest BCUT2D eigenvalue weighted by Crippen LogP contribution is -2.55. The summed E-state index contributed by atoms with van der Waals surface area (Å²) in [6.07, 6.45) is 3.10. The zero-order valence-electron chi connectivity index (χ0n) is 10.8. The zero-order chi connectivity index (χ0) is 13.7. The maximum absolute atomic E-state index is 11.9. The van der Waals surface area contributed by atoms with Crippen LogP contribution in [0, 0.1) is 0 Å². The lowest BCUT2D eigenvalue weighted by molar-refractivity contribution is -0.147. The topological polar surface area (TPSA) is 88.1 Å². The van der Waals surface area contributed by atoms with Gasteiger partial charge in [0.1, 0.15) is 0 Å². The number of rotatable bonds is 4. The van der Waals surface area contributed by atoms with Crippen molar-refractivity contribution >= 4 is 12.0 Å². The Labute approximate surface area is 111 Å². The molecule has 2 fully saturated rings. The van der Waals surface area contributed by atoms with Crippen LogP contribution in [0.5, 0.6) is 0 Å². The van der Waals surface area contributed by atoms with Crippen molar-refractivity contribution in [3.8, 4) is 0 Å². The Balaban J connectivity index is 1.75. The monoisotopic (exact) mass is 272 g/mol. The van der Waals surface area contributed by atoms with Crippen molar-refractivity contribution in [2.45, 2.75) is 31.4 Å². The van der Waals surface area contributed by atoms with Crippen LogP contribution in [-0.4, -0.2) is 67.1 Å². The van der Waals surface area contributed by atoms with Crippen molar-refractivity contribution < 1.29 is 24.2 Å². The maximum Gasteiger partial charge on any atom is 0.328 e. The number of carbonyl (C=O) groups is 2. The van der Waals surface area contributed by atoms with Crippen molar-refractivity contribution in [1.29, 1.82) is 0 Å². The molecular weight excluding hydrogens is 252 g/mol. The molecule has 2 rings (SSSR count). The smallest absolute Gasteiger partial charge is 0.328 e. The molecule has 0 saturated carbocycles. The summed E-state index contributed by atoms with van der Waals surface area (Å²) in [5, 5.41) is 11.8. The summed E-state index contributed by atoms with van der Waals surface area (Å²) in [4.78, 5) is 24.3. The molecular formula is C12H20N2O5. The molecule has 0 aliphatic carbocycles. The van der Waals surface area contributed by atoms with Crippen molar-refractivity contribution in [3.05, 3.63) is 0 Å². The van der Waals surface area contributed by atoms with E-state index in [-0.39, 0.29) is 18.7 Å². The van der Waals surface area contributed by atoms with Crippen molar-refractivity contribution in [2.75, 3.05) is 32.9 Å². The van der Waals surface area contributed by atoms with Gasteiger partial charge >= 0.3 is 12.0 Å². The third-order valence-corrected chi connectivity index (χ3v) is 3.44. The van der Waals surface area contributed by atoms with Gasteiger partial charge in [0.2, 0.25) is 0 Å². The highest BCUT2D eigenvalue weighted by molar-refractivity contribution is 5.82. The van der Waals surface area contributed by atoms with E-state index in [2.05, 4.69) is 5.32 Å². The number of nitrogens with zero attached hydrogens (tertiary/aromatic N) is 1. The molecule has 0 aromatic heterocycles. The lowest BCUT2D eigenvalue weighted by atomic mass is 10.2. The van der Waals surface area contributed by atoms with Gasteiger partial charge in [0.25, 0.3) is 0 Å². The molecule has 0 spiro atoms. The minimum atomic E-state index is -1.03. The van der Waals surface area contributed by atoms with Crippen LogP contribution in [0.4, 0.5) is 4.79 Å². The summed E-state index contributed by atoms with van der Waals surface area (Å²) >= 11 is 0. The Morgan fingerprint density at radius 2 is 2.21 bits per heavy atom. The average molecular weight is 272 g/mol. The van der Waals surface area contributed by atoms with Gasteiger partial charge in [-0.05, 0) is 19.3 Å². The summed E-state index contributed by atoms with van der Waals surface area (Å²) in [5.74, 6) is -1.03. The van der Waals surface area contributed by atoms with Crippen molar-refractivity contribution in [2.24, 2.45) is 0 Å². The minimum absolute atomic E-state index is 0.0501. The quantitative estimate of drug-likeness (QED) is 0.755. The second-order valence-corrected chi connectivity index (χ2v) is 4.78. The van der Waals surface area contributed by atoms with Gasteiger partial charge < -0.3 is 24.8 Å². The summed E-state index contributed by atoms with van der Waals surface area (Å²) in [5.41, 5.74) is 0. The summed E-state index contributed by atoms with van der Waals surface area (Å²) < 4.78 is 10.5. The van der Waals surface area contributed by atoms with Crippen LogP contribution < -0.4 is 5.32 Å². The van der Waals surface area contributed by atoms with E-state index >= 15 is 0 Å². The third kappa shape index (κ3) is 3.81. The molecule has 0 bridgehead atoms. The molecule has 2 aliphatic rings. The molecule has 7 nitrogen and oxygen atoms in total. The maximum atomic E-state index is 11.9. The van der Waals surface area contributed by atoms with Gasteiger partial charge in [0.05, 0.1) is 19.3 Å². The molecule has 0 aromatic rings. The molecule has 2 atom stereocenters. The number of carbonyl (C=O) groups excluding carboxylic acids is 1. The molecule has 2 amide bonds. The van der Waals surface area contributed by atoms with Gasteiger partial charge in [-0.15, -0.1) is 0 Å². The first-order valence-corrected chi connectivity index (χ1v) is 6.65. The van der Waals surface area contributed by atoms with Crippen molar-refractivity contribution in [3.63, 3.8) is 0 Å². The Morgan fingerprint density at radius 3 is 2.89 bits per heavy atom. The fourth-order valence-corrected chi connectivity index (χ4v) is 2.36.